The number of para-hydroxylation sites is 1. The van der Waals surface area contributed by atoms with Gasteiger partial charge in [-0.05, 0) is 44.5 Å². The zero-order valence-corrected chi connectivity index (χ0v) is 16.2. The highest BCUT2D eigenvalue weighted by Crippen LogP contribution is 2.52. The summed E-state index contributed by atoms with van der Waals surface area (Å²) in [5.74, 6) is 0. The Balaban J connectivity index is 1.80. The minimum absolute atomic E-state index is 0.160. The number of nitrogens with zero attached hydrogens (tertiary/aromatic N) is 2. The van der Waals surface area contributed by atoms with Crippen LogP contribution in [0, 0.1) is 0 Å². The average molecular weight is 376 g/mol. The number of benzene rings is 1. The van der Waals surface area contributed by atoms with Crippen LogP contribution in [-0.4, -0.2) is 22.7 Å². The maximum absolute atomic E-state index is 12.8. The van der Waals surface area contributed by atoms with Crippen molar-refractivity contribution in [1.29, 1.82) is 0 Å². The van der Waals surface area contributed by atoms with E-state index >= 15 is 0 Å². The van der Waals surface area contributed by atoms with Gasteiger partial charge in [-0.2, -0.15) is 0 Å². The molecule has 0 saturated carbocycles. The first-order chi connectivity index (χ1) is 12.0. The number of aromatic nitrogens is 2. The molecule has 0 aliphatic carbocycles. The lowest BCUT2D eigenvalue weighted by Crippen LogP contribution is -2.05. The van der Waals surface area contributed by atoms with E-state index in [1.54, 1.807) is 17.5 Å². The fraction of sp³-hybridized carbons (Fsp3) is 0.333. The van der Waals surface area contributed by atoms with Crippen LogP contribution in [0.2, 0.25) is 0 Å². The molecule has 3 rings (SSSR count). The first-order valence-corrected chi connectivity index (χ1v) is 10.8. The van der Waals surface area contributed by atoms with Gasteiger partial charge in [-0.15, -0.1) is 11.3 Å². The summed E-state index contributed by atoms with van der Waals surface area (Å²) in [6.45, 7) is 5.85. The minimum atomic E-state index is -3.16. The molecule has 1 atom stereocenters. The molecule has 0 amide bonds. The van der Waals surface area contributed by atoms with E-state index in [-0.39, 0.29) is 12.3 Å². The van der Waals surface area contributed by atoms with Gasteiger partial charge in [0.25, 0.3) is 0 Å². The summed E-state index contributed by atoms with van der Waals surface area (Å²) in [5.41, 5.74) is 2.60. The SMILES string of the molecule is CCOP(=O)(Cc1ccc(-c2nc3ccccc3s2)nc1)OC(C)C. The molecule has 0 spiro atoms. The van der Waals surface area contributed by atoms with E-state index in [1.807, 2.05) is 57.2 Å². The van der Waals surface area contributed by atoms with Crippen LogP contribution in [0.4, 0.5) is 0 Å². The molecule has 0 N–H and O–H groups in total. The standard InChI is InChI=1S/C18H21N2O3PS/c1-4-22-24(21,23-13(2)3)12-14-9-10-16(19-11-14)18-20-15-7-5-6-8-17(15)25-18/h5-11,13H,4,12H2,1-3H3. The zero-order valence-electron chi connectivity index (χ0n) is 14.5. The van der Waals surface area contributed by atoms with Gasteiger partial charge in [-0.1, -0.05) is 18.2 Å². The average Bonchev–Trinajstić information content (AvgIpc) is 2.98. The van der Waals surface area contributed by atoms with Crippen LogP contribution in [0.5, 0.6) is 0 Å². The van der Waals surface area contributed by atoms with Crippen LogP contribution in [0.3, 0.4) is 0 Å². The Morgan fingerprint density at radius 1 is 1.20 bits per heavy atom. The van der Waals surface area contributed by atoms with E-state index in [4.69, 9.17) is 9.05 Å². The second-order valence-electron chi connectivity index (χ2n) is 5.88. The summed E-state index contributed by atoms with van der Waals surface area (Å²) in [7, 11) is -3.16. The molecule has 7 heteroatoms. The smallest absolute Gasteiger partial charge is 0.309 e. The van der Waals surface area contributed by atoms with Gasteiger partial charge >= 0.3 is 7.60 Å². The lowest BCUT2D eigenvalue weighted by molar-refractivity contribution is 0.172. The van der Waals surface area contributed by atoms with Gasteiger partial charge < -0.3 is 9.05 Å². The van der Waals surface area contributed by atoms with Gasteiger partial charge in [0, 0.05) is 6.20 Å². The summed E-state index contributed by atoms with van der Waals surface area (Å²) >= 11 is 1.61. The van der Waals surface area contributed by atoms with Crippen LogP contribution >= 0.6 is 18.9 Å². The predicted octanol–water partition coefficient (Wildman–Crippen LogP) is 5.51. The van der Waals surface area contributed by atoms with Gasteiger partial charge in [0.2, 0.25) is 0 Å². The second kappa shape index (κ2) is 7.75. The van der Waals surface area contributed by atoms with Crippen molar-refractivity contribution in [2.75, 3.05) is 6.61 Å². The number of fused-ring (bicyclic) bond motifs is 1. The molecule has 132 valence electrons. The highest BCUT2D eigenvalue weighted by atomic mass is 32.1. The first-order valence-electron chi connectivity index (χ1n) is 8.22. The van der Waals surface area contributed by atoms with E-state index in [0.717, 1.165) is 26.5 Å². The third kappa shape index (κ3) is 4.53. The van der Waals surface area contributed by atoms with Crippen LogP contribution in [0.15, 0.2) is 42.6 Å². The fourth-order valence-electron chi connectivity index (χ4n) is 2.48. The molecular weight excluding hydrogens is 355 g/mol. The molecule has 3 aromatic rings. The van der Waals surface area contributed by atoms with E-state index in [0.29, 0.717) is 6.61 Å². The minimum Gasteiger partial charge on any atom is -0.309 e. The van der Waals surface area contributed by atoms with E-state index in [2.05, 4.69) is 9.97 Å². The molecule has 5 nitrogen and oxygen atoms in total. The Morgan fingerprint density at radius 2 is 2.00 bits per heavy atom. The largest absolute Gasteiger partial charge is 0.335 e. The van der Waals surface area contributed by atoms with Crippen molar-refractivity contribution in [3.63, 3.8) is 0 Å². The van der Waals surface area contributed by atoms with Crippen molar-refractivity contribution in [2.45, 2.75) is 33.0 Å². The number of hydrogen-bond acceptors (Lipinski definition) is 6. The summed E-state index contributed by atoms with van der Waals surface area (Å²) < 4.78 is 24.8. The summed E-state index contributed by atoms with van der Waals surface area (Å²) in [4.78, 5) is 9.09. The zero-order chi connectivity index (χ0) is 17.9. The highest BCUT2D eigenvalue weighted by Gasteiger charge is 2.26. The third-order valence-corrected chi connectivity index (χ3v) is 6.62. The van der Waals surface area contributed by atoms with Crippen molar-refractivity contribution in [3.8, 4) is 10.7 Å². The van der Waals surface area contributed by atoms with Crippen molar-refractivity contribution in [2.24, 2.45) is 0 Å². The molecule has 0 aliphatic heterocycles. The van der Waals surface area contributed by atoms with Crippen LogP contribution in [-0.2, 0) is 19.8 Å². The van der Waals surface area contributed by atoms with Crippen LogP contribution in [0.25, 0.3) is 20.9 Å². The Kier molecular flexibility index (Phi) is 5.64. The maximum Gasteiger partial charge on any atom is 0.335 e. The Morgan fingerprint density at radius 3 is 2.64 bits per heavy atom. The molecule has 2 heterocycles. The Hall–Kier alpha value is -1.59. The van der Waals surface area contributed by atoms with Crippen molar-refractivity contribution >= 4 is 29.1 Å². The molecule has 0 radical (unpaired) electrons. The van der Waals surface area contributed by atoms with Crippen LogP contribution < -0.4 is 0 Å². The third-order valence-electron chi connectivity index (χ3n) is 3.41. The second-order valence-corrected chi connectivity index (χ2v) is 8.92. The molecule has 1 aromatic carbocycles. The summed E-state index contributed by atoms with van der Waals surface area (Å²) in [6, 6.07) is 11.8. The van der Waals surface area contributed by atoms with E-state index < -0.39 is 7.60 Å². The maximum atomic E-state index is 12.8. The first kappa shape index (κ1) is 18.2. The Bertz CT molecular complexity index is 860. The summed E-state index contributed by atoms with van der Waals surface area (Å²) in [6.07, 6.45) is 1.77. The van der Waals surface area contributed by atoms with Crippen LogP contribution in [0.1, 0.15) is 26.3 Å². The number of hydrogen-bond donors (Lipinski definition) is 0. The van der Waals surface area contributed by atoms with Gasteiger partial charge in [0.05, 0.1) is 34.8 Å². The lowest BCUT2D eigenvalue weighted by Gasteiger charge is -2.20. The predicted molar refractivity (Wildman–Crippen MR) is 102 cm³/mol. The molecule has 0 aliphatic rings. The topological polar surface area (TPSA) is 61.3 Å². The van der Waals surface area contributed by atoms with Crippen molar-refractivity contribution in [1.82, 2.24) is 9.97 Å². The molecule has 25 heavy (non-hydrogen) atoms. The monoisotopic (exact) mass is 376 g/mol. The normalized spacial score (nSPS) is 14.1. The fourth-order valence-corrected chi connectivity index (χ4v) is 5.32. The lowest BCUT2D eigenvalue weighted by atomic mass is 10.3. The molecule has 2 aromatic heterocycles. The molecule has 0 saturated heterocycles. The molecule has 0 bridgehead atoms. The van der Waals surface area contributed by atoms with E-state index in [1.165, 1.54) is 0 Å². The molecule has 0 fully saturated rings. The number of rotatable bonds is 7. The molecular formula is C18H21N2O3PS. The quantitative estimate of drug-likeness (QED) is 0.509. The van der Waals surface area contributed by atoms with Gasteiger partial charge in [-0.25, -0.2) is 4.98 Å². The number of pyridine rings is 1. The highest BCUT2D eigenvalue weighted by molar-refractivity contribution is 7.53. The number of thiazole rings is 1. The molecule has 1 unspecified atom stereocenters. The van der Waals surface area contributed by atoms with Gasteiger partial charge in [0.1, 0.15) is 5.01 Å². The van der Waals surface area contributed by atoms with Gasteiger partial charge in [-0.3, -0.25) is 9.55 Å². The van der Waals surface area contributed by atoms with Crippen molar-refractivity contribution < 1.29 is 13.6 Å². The van der Waals surface area contributed by atoms with E-state index in [9.17, 15) is 4.57 Å². The van der Waals surface area contributed by atoms with Crippen molar-refractivity contribution in [3.05, 3.63) is 48.2 Å². The Labute approximate surface area is 151 Å². The summed E-state index contributed by atoms with van der Waals surface area (Å²) in [5, 5.41) is 0.874. The van der Waals surface area contributed by atoms with Gasteiger partial charge in [0.15, 0.2) is 0 Å².